The van der Waals surface area contributed by atoms with E-state index in [0.29, 0.717) is 23.7 Å². The highest BCUT2D eigenvalue weighted by atomic mass is 15.2. The third-order valence-corrected chi connectivity index (χ3v) is 6.17. The third-order valence-electron chi connectivity index (χ3n) is 6.17. The van der Waals surface area contributed by atoms with Crippen LogP contribution in [0.3, 0.4) is 0 Å². The molecule has 0 amide bonds. The molecule has 1 saturated heterocycles. The highest BCUT2D eigenvalue weighted by Crippen LogP contribution is 2.19. The zero-order valence-electron chi connectivity index (χ0n) is 21.9. The largest absolute Gasteiger partial charge is 0.404 e. The number of anilines is 1. The van der Waals surface area contributed by atoms with E-state index in [4.69, 9.17) is 16.9 Å². The maximum atomic E-state index is 7.89. The molecule has 1 aliphatic rings. The fourth-order valence-corrected chi connectivity index (χ4v) is 4.42. The highest BCUT2D eigenvalue weighted by molar-refractivity contribution is 6.08. The Labute approximate surface area is 214 Å². The molecule has 8 N–H and O–H groups in total. The van der Waals surface area contributed by atoms with E-state index < -0.39 is 0 Å². The number of aromatic nitrogens is 2. The standard InChI is InChI=1S/C27H41N9/c1-18(2)21(12-28)11-26(30)35-27-7-6-24-25(34-27)10-22(15-32-24)23(13-29)14-31-8-5-9-36-16-19(3)33-20(4)17-36/h6-7,10-15,18-20,29,31,33H,5,8-9,16-17,28,30H2,1-4H3,(H,34,35)/b21-12+,23-14+,26-11+,29-13?/t19-,20+. The number of fused-ring (bicyclic) bond motifs is 1. The maximum absolute atomic E-state index is 7.89. The Bertz CT molecular complexity index is 1110. The second-order valence-electron chi connectivity index (χ2n) is 9.78. The van der Waals surface area contributed by atoms with Gasteiger partial charge in [0, 0.05) is 61.5 Å². The van der Waals surface area contributed by atoms with E-state index >= 15 is 0 Å². The van der Waals surface area contributed by atoms with Crippen LogP contribution >= 0.6 is 0 Å². The van der Waals surface area contributed by atoms with Crippen LogP contribution in [0.1, 0.15) is 39.7 Å². The van der Waals surface area contributed by atoms with Crippen LogP contribution in [-0.2, 0) is 0 Å². The number of hydrogen-bond donors (Lipinski definition) is 6. The van der Waals surface area contributed by atoms with E-state index in [1.54, 1.807) is 12.4 Å². The number of pyridine rings is 2. The molecule has 0 spiro atoms. The quantitative estimate of drug-likeness (QED) is 0.160. The monoisotopic (exact) mass is 491 g/mol. The summed E-state index contributed by atoms with van der Waals surface area (Å²) in [6, 6.07) is 6.74. The Morgan fingerprint density at radius 2 is 2.00 bits per heavy atom. The van der Waals surface area contributed by atoms with Gasteiger partial charge in [0.05, 0.1) is 11.0 Å². The molecule has 9 nitrogen and oxygen atoms in total. The lowest BCUT2D eigenvalue weighted by molar-refractivity contribution is 0.172. The number of hydrogen-bond acceptors (Lipinski definition) is 9. The van der Waals surface area contributed by atoms with Crippen molar-refractivity contribution in [2.24, 2.45) is 17.4 Å². The van der Waals surface area contributed by atoms with Gasteiger partial charge in [-0.25, -0.2) is 4.98 Å². The molecule has 2 aromatic rings. The predicted molar refractivity (Wildman–Crippen MR) is 150 cm³/mol. The molecule has 0 bridgehead atoms. The topological polar surface area (TPSA) is 141 Å². The fourth-order valence-electron chi connectivity index (χ4n) is 4.42. The normalized spacial score (nSPS) is 20.1. The van der Waals surface area contributed by atoms with Crippen molar-refractivity contribution >= 4 is 28.6 Å². The lowest BCUT2D eigenvalue weighted by Crippen LogP contribution is -2.54. The summed E-state index contributed by atoms with van der Waals surface area (Å²) in [4.78, 5) is 11.7. The van der Waals surface area contributed by atoms with Gasteiger partial charge in [-0.1, -0.05) is 13.8 Å². The Morgan fingerprint density at radius 1 is 1.25 bits per heavy atom. The Morgan fingerprint density at radius 3 is 2.67 bits per heavy atom. The lowest BCUT2D eigenvalue weighted by atomic mass is 10.0. The number of rotatable bonds is 11. The minimum absolute atomic E-state index is 0.265. The van der Waals surface area contributed by atoms with Gasteiger partial charge >= 0.3 is 0 Å². The van der Waals surface area contributed by atoms with Gasteiger partial charge in [-0.2, -0.15) is 0 Å². The van der Waals surface area contributed by atoms with Crippen molar-refractivity contribution in [1.29, 1.82) is 5.41 Å². The summed E-state index contributed by atoms with van der Waals surface area (Å²) in [5.41, 5.74) is 15.9. The van der Waals surface area contributed by atoms with Crippen molar-refractivity contribution in [2.45, 2.75) is 46.2 Å². The molecular formula is C27H41N9. The molecular weight excluding hydrogens is 450 g/mol. The predicted octanol–water partition coefficient (Wildman–Crippen LogP) is 2.99. The van der Waals surface area contributed by atoms with Crippen molar-refractivity contribution < 1.29 is 0 Å². The van der Waals surface area contributed by atoms with Crippen LogP contribution in [-0.4, -0.2) is 59.3 Å². The molecule has 0 radical (unpaired) electrons. The molecule has 36 heavy (non-hydrogen) atoms. The van der Waals surface area contributed by atoms with Crippen LogP contribution in [0.2, 0.25) is 0 Å². The minimum Gasteiger partial charge on any atom is -0.404 e. The van der Waals surface area contributed by atoms with Crippen molar-refractivity contribution in [3.63, 3.8) is 0 Å². The van der Waals surface area contributed by atoms with Crippen LogP contribution < -0.4 is 27.4 Å². The number of piperazine rings is 1. The van der Waals surface area contributed by atoms with E-state index in [-0.39, 0.29) is 5.92 Å². The lowest BCUT2D eigenvalue weighted by Gasteiger charge is -2.36. The number of nitrogens with one attached hydrogen (secondary N) is 4. The number of nitrogens with two attached hydrogens (primary N) is 2. The first-order chi connectivity index (χ1) is 17.3. The Balaban J connectivity index is 1.63. The average molecular weight is 492 g/mol. The molecule has 1 aliphatic heterocycles. The fraction of sp³-hybridized carbons (Fsp3) is 0.444. The second-order valence-corrected chi connectivity index (χ2v) is 9.78. The van der Waals surface area contributed by atoms with Crippen molar-refractivity contribution in [3.05, 3.63) is 59.8 Å². The van der Waals surface area contributed by atoms with Crippen LogP contribution in [0.5, 0.6) is 0 Å². The summed E-state index contributed by atoms with van der Waals surface area (Å²) in [7, 11) is 0. The molecule has 1 fully saturated rings. The van der Waals surface area contributed by atoms with E-state index in [1.807, 2.05) is 30.5 Å². The van der Waals surface area contributed by atoms with Gasteiger partial charge in [0.15, 0.2) is 0 Å². The Kier molecular flexibility index (Phi) is 9.84. The third kappa shape index (κ3) is 7.79. The first kappa shape index (κ1) is 27.2. The molecule has 9 heteroatoms. The van der Waals surface area contributed by atoms with Gasteiger partial charge in [-0.05, 0) is 68.8 Å². The summed E-state index contributed by atoms with van der Waals surface area (Å²) < 4.78 is 0. The van der Waals surface area contributed by atoms with Gasteiger partial charge in [0.1, 0.15) is 11.6 Å². The van der Waals surface area contributed by atoms with Crippen molar-refractivity contribution in [2.75, 3.05) is 31.5 Å². The molecule has 2 atom stereocenters. The van der Waals surface area contributed by atoms with Crippen LogP contribution in [0, 0.1) is 11.3 Å². The zero-order valence-corrected chi connectivity index (χ0v) is 21.9. The van der Waals surface area contributed by atoms with Gasteiger partial charge in [-0.3, -0.25) is 4.98 Å². The smallest absolute Gasteiger partial charge is 0.132 e. The van der Waals surface area contributed by atoms with Crippen molar-refractivity contribution in [3.8, 4) is 0 Å². The van der Waals surface area contributed by atoms with Crippen LogP contribution in [0.4, 0.5) is 5.82 Å². The van der Waals surface area contributed by atoms with E-state index in [2.05, 4.69) is 58.5 Å². The molecule has 3 rings (SSSR count). The van der Waals surface area contributed by atoms with Gasteiger partial charge in [0.2, 0.25) is 0 Å². The molecule has 2 aromatic heterocycles. The van der Waals surface area contributed by atoms with Gasteiger partial charge < -0.3 is 37.7 Å². The molecule has 0 unspecified atom stereocenters. The van der Waals surface area contributed by atoms with E-state index in [9.17, 15) is 0 Å². The van der Waals surface area contributed by atoms with Gasteiger partial charge in [-0.15, -0.1) is 0 Å². The summed E-state index contributed by atoms with van der Waals surface area (Å²) in [6.45, 7) is 12.7. The van der Waals surface area contributed by atoms with Crippen LogP contribution in [0.25, 0.3) is 16.6 Å². The highest BCUT2D eigenvalue weighted by Gasteiger charge is 2.19. The van der Waals surface area contributed by atoms with E-state index in [1.165, 1.54) is 6.21 Å². The number of allylic oxidation sites excluding steroid dienone is 3. The SMILES string of the molecule is CC(C)C(=C/N)/C=C(\N)Nc1ccc2ncc(/C(C=N)=C/NCCCN3C[C@@H](C)N[C@@H](C)C3)cc2n1. The minimum atomic E-state index is 0.265. The molecule has 3 heterocycles. The summed E-state index contributed by atoms with van der Waals surface area (Å²) in [5, 5.41) is 17.9. The molecule has 0 aromatic carbocycles. The maximum Gasteiger partial charge on any atom is 0.132 e. The Hall–Kier alpha value is -3.43. The zero-order chi connectivity index (χ0) is 26.1. The molecule has 0 aliphatic carbocycles. The average Bonchev–Trinajstić information content (AvgIpc) is 2.83. The van der Waals surface area contributed by atoms with E-state index in [0.717, 1.165) is 60.3 Å². The second kappa shape index (κ2) is 13.0. The summed E-state index contributed by atoms with van der Waals surface area (Å²) in [5.74, 6) is 1.34. The molecule has 194 valence electrons. The van der Waals surface area contributed by atoms with Crippen LogP contribution in [0.15, 0.2) is 54.3 Å². The summed E-state index contributed by atoms with van der Waals surface area (Å²) >= 11 is 0. The van der Waals surface area contributed by atoms with Gasteiger partial charge in [0.25, 0.3) is 0 Å². The summed E-state index contributed by atoms with van der Waals surface area (Å²) in [6.07, 6.45) is 9.42. The first-order valence-electron chi connectivity index (χ1n) is 12.6. The van der Waals surface area contributed by atoms with Crippen molar-refractivity contribution in [1.82, 2.24) is 25.5 Å². The molecule has 0 saturated carbocycles. The number of nitrogens with zero attached hydrogens (tertiary/aromatic N) is 3. The first-order valence-corrected chi connectivity index (χ1v) is 12.6.